The maximum absolute atomic E-state index is 12.0. The largest absolute Gasteiger partial charge is 0.478 e. The summed E-state index contributed by atoms with van der Waals surface area (Å²) in [4.78, 5) is 24.0. The Hall–Kier alpha value is -1.75. The minimum absolute atomic E-state index is 0.0210. The number of amides is 1. The Morgan fingerprint density at radius 1 is 1.30 bits per heavy atom. The van der Waals surface area contributed by atoms with Crippen molar-refractivity contribution in [2.24, 2.45) is 5.92 Å². The second kappa shape index (κ2) is 7.21. The van der Waals surface area contributed by atoms with E-state index in [0.717, 1.165) is 25.7 Å². The van der Waals surface area contributed by atoms with Gasteiger partial charge in [0.25, 0.3) is 5.91 Å². The van der Waals surface area contributed by atoms with Crippen molar-refractivity contribution in [1.29, 1.82) is 0 Å². The highest BCUT2D eigenvalue weighted by atomic mass is 35.5. The van der Waals surface area contributed by atoms with Crippen LogP contribution in [0.1, 0.15) is 38.5 Å². The van der Waals surface area contributed by atoms with E-state index in [2.05, 4.69) is 5.32 Å². The van der Waals surface area contributed by atoms with Crippen LogP contribution in [0.25, 0.3) is 0 Å². The van der Waals surface area contributed by atoms with Crippen LogP contribution in [-0.4, -0.2) is 24.6 Å². The van der Waals surface area contributed by atoms with Gasteiger partial charge in [0.2, 0.25) is 0 Å². The lowest BCUT2D eigenvalue weighted by atomic mass is 9.89. The highest BCUT2D eigenvalue weighted by molar-refractivity contribution is 6.31. The summed E-state index contributed by atoms with van der Waals surface area (Å²) in [6, 6.07) is 5.07. The molecule has 1 heterocycles. The summed E-state index contributed by atoms with van der Waals surface area (Å²) in [6.07, 6.45) is 4.89. The van der Waals surface area contributed by atoms with Gasteiger partial charge in [0.15, 0.2) is 6.10 Å². The second-order valence-electron chi connectivity index (χ2n) is 6.03. The molecule has 6 heteroatoms. The van der Waals surface area contributed by atoms with Crippen molar-refractivity contribution in [2.75, 3.05) is 11.9 Å². The van der Waals surface area contributed by atoms with Gasteiger partial charge in [-0.05, 0) is 31.0 Å². The smallest absolute Gasteiger partial charge is 0.308 e. The van der Waals surface area contributed by atoms with Crippen LogP contribution in [0.15, 0.2) is 18.2 Å². The molecule has 1 fully saturated rings. The average molecular weight is 338 g/mol. The van der Waals surface area contributed by atoms with Gasteiger partial charge in [0.05, 0.1) is 18.2 Å². The summed E-state index contributed by atoms with van der Waals surface area (Å²) in [6.45, 7) is 0.191. The lowest BCUT2D eigenvalue weighted by Crippen LogP contribution is -2.38. The van der Waals surface area contributed by atoms with Crippen molar-refractivity contribution in [3.05, 3.63) is 23.2 Å². The van der Waals surface area contributed by atoms with Gasteiger partial charge in [-0.2, -0.15) is 0 Å². The third kappa shape index (κ3) is 3.96. The molecule has 1 aromatic rings. The van der Waals surface area contributed by atoms with Crippen molar-refractivity contribution >= 4 is 29.2 Å². The van der Waals surface area contributed by atoms with E-state index in [4.69, 9.17) is 21.1 Å². The first-order valence-electron chi connectivity index (χ1n) is 8.07. The van der Waals surface area contributed by atoms with Crippen LogP contribution in [-0.2, 0) is 14.3 Å². The fraction of sp³-hybridized carbons (Fsp3) is 0.529. The first-order valence-corrected chi connectivity index (χ1v) is 8.45. The highest BCUT2D eigenvalue weighted by Crippen LogP contribution is 2.32. The van der Waals surface area contributed by atoms with E-state index in [1.807, 2.05) is 0 Å². The molecule has 3 rings (SSSR count). The Labute approximate surface area is 140 Å². The van der Waals surface area contributed by atoms with Gasteiger partial charge in [-0.15, -0.1) is 0 Å². The zero-order chi connectivity index (χ0) is 16.2. The molecular weight excluding hydrogens is 318 g/mol. The van der Waals surface area contributed by atoms with Gasteiger partial charge >= 0.3 is 5.97 Å². The maximum Gasteiger partial charge on any atom is 0.308 e. The van der Waals surface area contributed by atoms with E-state index < -0.39 is 6.10 Å². The first kappa shape index (κ1) is 16.1. The number of benzene rings is 1. The van der Waals surface area contributed by atoms with Gasteiger partial charge in [0, 0.05) is 11.4 Å². The molecule has 0 spiro atoms. The molecule has 5 nitrogen and oxygen atoms in total. The van der Waals surface area contributed by atoms with Crippen LogP contribution in [0.4, 0.5) is 5.69 Å². The summed E-state index contributed by atoms with van der Waals surface area (Å²) < 4.78 is 11.0. The number of fused-ring (bicyclic) bond motifs is 1. The molecule has 1 aliphatic heterocycles. The van der Waals surface area contributed by atoms with E-state index >= 15 is 0 Å². The zero-order valence-corrected chi connectivity index (χ0v) is 13.6. The molecule has 2 aliphatic rings. The quantitative estimate of drug-likeness (QED) is 0.853. The zero-order valence-electron chi connectivity index (χ0n) is 12.8. The molecule has 1 N–H and O–H groups in total. The summed E-state index contributed by atoms with van der Waals surface area (Å²) in [5.41, 5.74) is 0.568. The number of hydrogen-bond acceptors (Lipinski definition) is 4. The van der Waals surface area contributed by atoms with Crippen LogP contribution in [0.3, 0.4) is 0 Å². The Balaban J connectivity index is 1.49. The molecule has 23 heavy (non-hydrogen) atoms. The third-order valence-corrected chi connectivity index (χ3v) is 4.56. The number of halogens is 1. The molecule has 0 aromatic heterocycles. The van der Waals surface area contributed by atoms with E-state index in [-0.39, 0.29) is 24.4 Å². The Morgan fingerprint density at radius 2 is 2.09 bits per heavy atom. The first-order chi connectivity index (χ1) is 11.1. The van der Waals surface area contributed by atoms with Crippen LogP contribution >= 0.6 is 11.6 Å². The molecular formula is C17H20ClNO4. The van der Waals surface area contributed by atoms with Gasteiger partial charge in [0.1, 0.15) is 5.75 Å². The van der Waals surface area contributed by atoms with Crippen molar-refractivity contribution in [2.45, 2.75) is 44.6 Å². The van der Waals surface area contributed by atoms with Crippen LogP contribution in [0.2, 0.25) is 5.02 Å². The number of anilines is 1. The van der Waals surface area contributed by atoms with E-state index in [9.17, 15) is 9.59 Å². The SMILES string of the molecule is O=C(OCC[C@@H]1Oc2ccc(Cl)cc2NC1=O)C1CCCCC1. The predicted octanol–water partition coefficient (Wildman–Crippen LogP) is 3.55. The van der Waals surface area contributed by atoms with Gasteiger partial charge in [-0.1, -0.05) is 30.9 Å². The lowest BCUT2D eigenvalue weighted by molar-refractivity contribution is -0.150. The molecule has 1 aromatic carbocycles. The number of rotatable bonds is 4. The van der Waals surface area contributed by atoms with E-state index in [1.54, 1.807) is 18.2 Å². The topological polar surface area (TPSA) is 64.6 Å². The van der Waals surface area contributed by atoms with Crippen molar-refractivity contribution in [3.8, 4) is 5.75 Å². The van der Waals surface area contributed by atoms with E-state index in [0.29, 0.717) is 22.9 Å². The minimum Gasteiger partial charge on any atom is -0.478 e. The molecule has 0 bridgehead atoms. The van der Waals surface area contributed by atoms with Crippen LogP contribution in [0.5, 0.6) is 5.75 Å². The summed E-state index contributed by atoms with van der Waals surface area (Å²) >= 11 is 5.89. The molecule has 0 saturated heterocycles. The van der Waals surface area contributed by atoms with E-state index in [1.165, 1.54) is 6.42 Å². The van der Waals surface area contributed by atoms with Crippen LogP contribution in [0, 0.1) is 5.92 Å². The molecule has 0 radical (unpaired) electrons. The molecule has 1 amide bonds. The molecule has 0 unspecified atom stereocenters. The van der Waals surface area contributed by atoms with Crippen LogP contribution < -0.4 is 10.1 Å². The molecule has 1 saturated carbocycles. The maximum atomic E-state index is 12.0. The fourth-order valence-electron chi connectivity index (χ4n) is 3.04. The number of carbonyl (C=O) groups is 2. The number of esters is 1. The average Bonchev–Trinajstić information content (AvgIpc) is 2.56. The normalized spacial score (nSPS) is 21.1. The number of carbonyl (C=O) groups excluding carboxylic acids is 2. The predicted molar refractivity (Wildman–Crippen MR) is 86.6 cm³/mol. The fourth-order valence-corrected chi connectivity index (χ4v) is 3.21. The lowest BCUT2D eigenvalue weighted by Gasteiger charge is -2.26. The Kier molecular flexibility index (Phi) is 5.06. The number of hydrogen-bond donors (Lipinski definition) is 1. The summed E-state index contributed by atoms with van der Waals surface area (Å²) in [7, 11) is 0. The molecule has 124 valence electrons. The number of nitrogens with one attached hydrogen (secondary N) is 1. The molecule has 1 aliphatic carbocycles. The summed E-state index contributed by atoms with van der Waals surface area (Å²) in [5, 5.41) is 3.30. The standard InChI is InChI=1S/C17H20ClNO4/c18-12-6-7-14-13(10-12)19-16(20)15(23-14)8-9-22-17(21)11-4-2-1-3-5-11/h6-7,10-11,15H,1-5,8-9H2,(H,19,20)/t15-/m0/s1. The van der Waals surface area contributed by atoms with Crippen molar-refractivity contribution < 1.29 is 19.1 Å². The Bertz CT molecular complexity index is 598. The highest BCUT2D eigenvalue weighted by Gasteiger charge is 2.28. The second-order valence-corrected chi connectivity index (χ2v) is 6.46. The Morgan fingerprint density at radius 3 is 2.87 bits per heavy atom. The number of ether oxygens (including phenoxy) is 2. The van der Waals surface area contributed by atoms with Gasteiger partial charge < -0.3 is 14.8 Å². The monoisotopic (exact) mass is 337 g/mol. The van der Waals surface area contributed by atoms with Crippen molar-refractivity contribution in [1.82, 2.24) is 0 Å². The van der Waals surface area contributed by atoms with Crippen molar-refractivity contribution in [3.63, 3.8) is 0 Å². The van der Waals surface area contributed by atoms with Gasteiger partial charge in [-0.3, -0.25) is 9.59 Å². The van der Waals surface area contributed by atoms with Gasteiger partial charge in [-0.25, -0.2) is 0 Å². The third-order valence-electron chi connectivity index (χ3n) is 4.32. The molecule has 1 atom stereocenters. The summed E-state index contributed by atoms with van der Waals surface area (Å²) in [5.74, 6) is 0.215. The minimum atomic E-state index is -0.650.